The van der Waals surface area contributed by atoms with E-state index in [9.17, 15) is 0 Å². The molecule has 0 atom stereocenters. The lowest BCUT2D eigenvalue weighted by atomic mass is 9.87. The van der Waals surface area contributed by atoms with Crippen LogP contribution < -0.4 is 14.8 Å². The number of methoxy groups -OCH3 is 2. The first-order chi connectivity index (χ1) is 10.0. The second-order valence-electron chi connectivity index (χ2n) is 6.22. The van der Waals surface area contributed by atoms with Crippen LogP contribution in [0.2, 0.25) is 0 Å². The normalized spacial score (nSPS) is 11.5. The van der Waals surface area contributed by atoms with Crippen LogP contribution >= 0.6 is 0 Å². The molecule has 0 radical (unpaired) electrons. The molecule has 0 aromatic carbocycles. The molecule has 0 fully saturated rings. The van der Waals surface area contributed by atoms with Gasteiger partial charge < -0.3 is 14.8 Å². The van der Waals surface area contributed by atoms with Crippen LogP contribution in [0.4, 0.5) is 0 Å². The number of aromatic nitrogens is 1. The van der Waals surface area contributed by atoms with E-state index in [4.69, 9.17) is 9.47 Å². The highest BCUT2D eigenvalue weighted by molar-refractivity contribution is 5.42. The molecule has 0 bridgehead atoms. The van der Waals surface area contributed by atoms with Crippen molar-refractivity contribution in [2.45, 2.75) is 53.0 Å². The zero-order valence-electron chi connectivity index (χ0n) is 14.2. The molecule has 1 rings (SSSR count). The summed E-state index contributed by atoms with van der Waals surface area (Å²) in [5.41, 5.74) is 1.20. The van der Waals surface area contributed by atoms with Crippen LogP contribution in [0.1, 0.15) is 52.1 Å². The molecule has 0 amide bonds. The van der Waals surface area contributed by atoms with Gasteiger partial charge in [-0.2, -0.15) is 0 Å². The molecule has 1 N–H and O–H groups in total. The molecular weight excluding hydrogens is 264 g/mol. The quantitative estimate of drug-likeness (QED) is 0.667. The standard InChI is InChI=1S/C17H30N2O2/c1-6-7-8-10-17(2,3)13-18-12-14-16(21-5)15(20-4)9-11-19-14/h9,11,18H,6-8,10,12-13H2,1-5H3. The van der Waals surface area contributed by atoms with Gasteiger partial charge in [-0.1, -0.05) is 40.0 Å². The van der Waals surface area contributed by atoms with Gasteiger partial charge in [0.25, 0.3) is 0 Å². The van der Waals surface area contributed by atoms with Gasteiger partial charge in [0.1, 0.15) is 0 Å². The van der Waals surface area contributed by atoms with Gasteiger partial charge in [-0.05, 0) is 11.8 Å². The molecule has 0 aliphatic heterocycles. The highest BCUT2D eigenvalue weighted by Gasteiger charge is 2.17. The number of rotatable bonds is 10. The van der Waals surface area contributed by atoms with Crippen molar-refractivity contribution in [3.8, 4) is 11.5 Å². The lowest BCUT2D eigenvalue weighted by Gasteiger charge is -2.25. The maximum Gasteiger partial charge on any atom is 0.183 e. The van der Waals surface area contributed by atoms with Crippen molar-refractivity contribution in [3.63, 3.8) is 0 Å². The second-order valence-corrected chi connectivity index (χ2v) is 6.22. The van der Waals surface area contributed by atoms with Crippen LogP contribution in [0.25, 0.3) is 0 Å². The molecule has 4 nitrogen and oxygen atoms in total. The summed E-state index contributed by atoms with van der Waals surface area (Å²) >= 11 is 0. The van der Waals surface area contributed by atoms with E-state index in [1.54, 1.807) is 20.4 Å². The fourth-order valence-corrected chi connectivity index (χ4v) is 2.44. The van der Waals surface area contributed by atoms with Crippen molar-refractivity contribution in [1.82, 2.24) is 10.3 Å². The minimum Gasteiger partial charge on any atom is -0.493 e. The van der Waals surface area contributed by atoms with E-state index in [0.717, 1.165) is 23.7 Å². The number of hydrogen-bond donors (Lipinski definition) is 1. The number of nitrogens with one attached hydrogen (secondary N) is 1. The summed E-state index contributed by atoms with van der Waals surface area (Å²) in [6.45, 7) is 8.53. The Balaban J connectivity index is 2.52. The first kappa shape index (κ1) is 17.8. The van der Waals surface area contributed by atoms with E-state index in [0.29, 0.717) is 12.0 Å². The Morgan fingerprint density at radius 1 is 1.19 bits per heavy atom. The Labute approximate surface area is 129 Å². The first-order valence-electron chi connectivity index (χ1n) is 7.80. The van der Waals surface area contributed by atoms with Crippen LogP contribution in [-0.2, 0) is 6.54 Å². The second kappa shape index (κ2) is 8.88. The monoisotopic (exact) mass is 294 g/mol. The van der Waals surface area contributed by atoms with Gasteiger partial charge in [0, 0.05) is 25.4 Å². The summed E-state index contributed by atoms with van der Waals surface area (Å²) in [5, 5.41) is 3.50. The topological polar surface area (TPSA) is 43.4 Å². The van der Waals surface area contributed by atoms with Crippen molar-refractivity contribution < 1.29 is 9.47 Å². The molecule has 4 heteroatoms. The number of hydrogen-bond acceptors (Lipinski definition) is 4. The van der Waals surface area contributed by atoms with Gasteiger partial charge >= 0.3 is 0 Å². The van der Waals surface area contributed by atoms with Gasteiger partial charge in [0.2, 0.25) is 0 Å². The van der Waals surface area contributed by atoms with Crippen LogP contribution in [0.5, 0.6) is 11.5 Å². The molecule has 0 unspecified atom stereocenters. The molecule has 0 aliphatic rings. The van der Waals surface area contributed by atoms with Crippen molar-refractivity contribution in [2.75, 3.05) is 20.8 Å². The molecule has 0 aliphatic carbocycles. The van der Waals surface area contributed by atoms with Crippen LogP contribution in [0.15, 0.2) is 12.3 Å². The molecule has 120 valence electrons. The van der Waals surface area contributed by atoms with E-state index >= 15 is 0 Å². The fourth-order valence-electron chi connectivity index (χ4n) is 2.44. The highest BCUT2D eigenvalue weighted by atomic mass is 16.5. The number of ether oxygens (including phenoxy) is 2. The van der Waals surface area contributed by atoms with Crippen molar-refractivity contribution in [2.24, 2.45) is 5.41 Å². The predicted molar refractivity (Wildman–Crippen MR) is 87.0 cm³/mol. The maximum absolute atomic E-state index is 5.40. The molecule has 0 saturated heterocycles. The molecule has 1 heterocycles. The summed E-state index contributed by atoms with van der Waals surface area (Å²) in [7, 11) is 3.30. The third kappa shape index (κ3) is 5.92. The van der Waals surface area contributed by atoms with Gasteiger partial charge in [-0.25, -0.2) is 0 Å². The minimum absolute atomic E-state index is 0.307. The third-order valence-electron chi connectivity index (χ3n) is 3.72. The zero-order valence-corrected chi connectivity index (χ0v) is 14.2. The average molecular weight is 294 g/mol. The lowest BCUT2D eigenvalue weighted by Crippen LogP contribution is -2.29. The molecule has 0 spiro atoms. The average Bonchev–Trinajstić information content (AvgIpc) is 2.46. The smallest absolute Gasteiger partial charge is 0.183 e. The zero-order chi connectivity index (χ0) is 15.7. The Bertz CT molecular complexity index is 419. The minimum atomic E-state index is 0.307. The Kier molecular flexibility index (Phi) is 7.51. The van der Waals surface area contributed by atoms with Crippen LogP contribution in [0, 0.1) is 5.41 Å². The maximum atomic E-state index is 5.40. The predicted octanol–water partition coefficient (Wildman–Crippen LogP) is 3.79. The number of nitrogens with zero attached hydrogens (tertiary/aromatic N) is 1. The summed E-state index contributed by atoms with van der Waals surface area (Å²) in [4.78, 5) is 4.39. The number of unbranched alkanes of at least 4 members (excludes halogenated alkanes) is 2. The van der Waals surface area contributed by atoms with Gasteiger partial charge in [-0.3, -0.25) is 4.98 Å². The molecule has 1 aromatic heterocycles. The first-order valence-corrected chi connectivity index (χ1v) is 7.80. The highest BCUT2D eigenvalue weighted by Crippen LogP contribution is 2.29. The Morgan fingerprint density at radius 2 is 1.95 bits per heavy atom. The van der Waals surface area contributed by atoms with Gasteiger partial charge in [0.15, 0.2) is 11.5 Å². The third-order valence-corrected chi connectivity index (χ3v) is 3.72. The van der Waals surface area contributed by atoms with Gasteiger partial charge in [-0.15, -0.1) is 0 Å². The lowest BCUT2D eigenvalue weighted by molar-refractivity contribution is 0.299. The van der Waals surface area contributed by atoms with E-state index in [2.05, 4.69) is 31.1 Å². The Hall–Kier alpha value is -1.29. The molecule has 1 aromatic rings. The largest absolute Gasteiger partial charge is 0.493 e. The van der Waals surface area contributed by atoms with E-state index in [1.807, 2.05) is 6.07 Å². The van der Waals surface area contributed by atoms with E-state index in [-0.39, 0.29) is 0 Å². The van der Waals surface area contributed by atoms with Crippen LogP contribution in [0.3, 0.4) is 0 Å². The summed E-state index contributed by atoms with van der Waals surface area (Å²) in [6.07, 6.45) is 6.89. The summed E-state index contributed by atoms with van der Waals surface area (Å²) in [5.74, 6) is 1.45. The Morgan fingerprint density at radius 3 is 2.57 bits per heavy atom. The van der Waals surface area contributed by atoms with Crippen molar-refractivity contribution in [3.05, 3.63) is 18.0 Å². The van der Waals surface area contributed by atoms with Crippen LogP contribution in [-0.4, -0.2) is 25.7 Å². The van der Waals surface area contributed by atoms with Gasteiger partial charge in [0.05, 0.1) is 19.9 Å². The van der Waals surface area contributed by atoms with E-state index in [1.165, 1.54) is 25.7 Å². The fraction of sp³-hybridized carbons (Fsp3) is 0.706. The molecule has 0 saturated carbocycles. The van der Waals surface area contributed by atoms with E-state index < -0.39 is 0 Å². The number of pyridine rings is 1. The molecular formula is C17H30N2O2. The SMILES string of the molecule is CCCCCC(C)(C)CNCc1nccc(OC)c1OC. The van der Waals surface area contributed by atoms with Crippen molar-refractivity contribution >= 4 is 0 Å². The summed E-state index contributed by atoms with van der Waals surface area (Å²) in [6, 6.07) is 1.82. The molecule has 21 heavy (non-hydrogen) atoms. The van der Waals surface area contributed by atoms with Crippen molar-refractivity contribution in [1.29, 1.82) is 0 Å². The summed E-state index contributed by atoms with van der Waals surface area (Å²) < 4.78 is 10.7.